The second kappa shape index (κ2) is 5.65. The molecule has 1 aromatic rings. The summed E-state index contributed by atoms with van der Waals surface area (Å²) in [5.74, 6) is 0. The van der Waals surface area contributed by atoms with E-state index in [1.54, 1.807) is 0 Å². The molecule has 0 aliphatic carbocycles. The van der Waals surface area contributed by atoms with E-state index in [4.69, 9.17) is 15.8 Å². The monoisotopic (exact) mass is 228 g/mol. The SMILES string of the molecule is CC(C)NC(C#N)Cn1cnc(C#N)c1C#N. The van der Waals surface area contributed by atoms with Gasteiger partial charge in [0.15, 0.2) is 11.4 Å². The molecule has 0 radical (unpaired) electrons. The third kappa shape index (κ3) is 3.04. The van der Waals surface area contributed by atoms with Crippen LogP contribution in [0.3, 0.4) is 0 Å². The van der Waals surface area contributed by atoms with Crippen LogP contribution < -0.4 is 5.32 Å². The first-order valence-corrected chi connectivity index (χ1v) is 5.13. The summed E-state index contributed by atoms with van der Waals surface area (Å²) in [6, 6.07) is 5.62. The molecule has 1 unspecified atom stereocenters. The number of nitrogens with zero attached hydrogens (tertiary/aromatic N) is 5. The molecule has 1 aromatic heterocycles. The molecule has 0 aliphatic heterocycles. The van der Waals surface area contributed by atoms with Gasteiger partial charge >= 0.3 is 0 Å². The van der Waals surface area contributed by atoms with Crippen LogP contribution in [0.15, 0.2) is 6.33 Å². The lowest BCUT2D eigenvalue weighted by molar-refractivity contribution is 0.475. The highest BCUT2D eigenvalue weighted by Gasteiger charge is 2.15. The van der Waals surface area contributed by atoms with Crippen molar-refractivity contribution in [3.8, 4) is 18.2 Å². The lowest BCUT2D eigenvalue weighted by Crippen LogP contribution is -2.36. The maximum absolute atomic E-state index is 8.97. The molecular weight excluding hydrogens is 216 g/mol. The van der Waals surface area contributed by atoms with Crippen molar-refractivity contribution < 1.29 is 0 Å². The molecule has 1 atom stereocenters. The molecule has 1 rings (SSSR count). The molecule has 6 nitrogen and oxygen atoms in total. The first-order valence-electron chi connectivity index (χ1n) is 5.13. The summed E-state index contributed by atoms with van der Waals surface area (Å²) < 4.78 is 1.52. The van der Waals surface area contributed by atoms with Crippen molar-refractivity contribution >= 4 is 0 Å². The molecule has 1 heterocycles. The van der Waals surface area contributed by atoms with Gasteiger partial charge in [-0.2, -0.15) is 15.8 Å². The minimum Gasteiger partial charge on any atom is -0.319 e. The van der Waals surface area contributed by atoms with Gasteiger partial charge in [0.25, 0.3) is 0 Å². The van der Waals surface area contributed by atoms with E-state index in [1.165, 1.54) is 10.9 Å². The van der Waals surface area contributed by atoms with E-state index in [2.05, 4.69) is 16.4 Å². The van der Waals surface area contributed by atoms with Gasteiger partial charge in [-0.25, -0.2) is 4.98 Å². The molecule has 1 N–H and O–H groups in total. The Morgan fingerprint density at radius 2 is 2.06 bits per heavy atom. The molecule has 0 saturated carbocycles. The number of aromatic nitrogens is 2. The Balaban J connectivity index is 2.89. The van der Waals surface area contributed by atoms with Crippen LogP contribution in [0.5, 0.6) is 0 Å². The second-order valence-electron chi connectivity index (χ2n) is 3.82. The van der Waals surface area contributed by atoms with Crippen LogP contribution >= 0.6 is 0 Å². The van der Waals surface area contributed by atoms with Gasteiger partial charge in [-0.1, -0.05) is 0 Å². The summed E-state index contributed by atoms with van der Waals surface area (Å²) in [5, 5.41) is 29.7. The van der Waals surface area contributed by atoms with Gasteiger partial charge in [0.2, 0.25) is 0 Å². The maximum atomic E-state index is 8.97. The van der Waals surface area contributed by atoms with E-state index in [0.29, 0.717) is 6.54 Å². The van der Waals surface area contributed by atoms with Crippen molar-refractivity contribution in [1.82, 2.24) is 14.9 Å². The van der Waals surface area contributed by atoms with Gasteiger partial charge in [0, 0.05) is 6.04 Å². The van der Waals surface area contributed by atoms with Crippen molar-refractivity contribution in [1.29, 1.82) is 15.8 Å². The molecule has 0 fully saturated rings. The molecule has 0 aromatic carbocycles. The molecule has 86 valence electrons. The van der Waals surface area contributed by atoms with E-state index >= 15 is 0 Å². The third-order valence-electron chi connectivity index (χ3n) is 2.12. The van der Waals surface area contributed by atoms with Crippen LogP contribution in [-0.4, -0.2) is 21.6 Å². The summed E-state index contributed by atoms with van der Waals surface area (Å²) in [6.07, 6.45) is 1.41. The lowest BCUT2D eigenvalue weighted by atomic mass is 10.2. The van der Waals surface area contributed by atoms with E-state index in [0.717, 1.165) is 0 Å². The second-order valence-corrected chi connectivity index (χ2v) is 3.82. The summed E-state index contributed by atoms with van der Waals surface area (Å²) in [7, 11) is 0. The number of nitriles is 3. The van der Waals surface area contributed by atoms with Crippen molar-refractivity contribution in [2.24, 2.45) is 0 Å². The zero-order valence-corrected chi connectivity index (χ0v) is 9.68. The quantitative estimate of drug-likeness (QED) is 0.809. The zero-order valence-electron chi connectivity index (χ0n) is 9.68. The molecule has 0 saturated heterocycles. The fraction of sp³-hybridized carbons (Fsp3) is 0.455. The van der Waals surface area contributed by atoms with E-state index in [-0.39, 0.29) is 17.4 Å². The molecule has 0 amide bonds. The van der Waals surface area contributed by atoms with Gasteiger partial charge in [0.1, 0.15) is 18.2 Å². The van der Waals surface area contributed by atoms with Crippen molar-refractivity contribution in [3.63, 3.8) is 0 Å². The van der Waals surface area contributed by atoms with Crippen molar-refractivity contribution in [3.05, 3.63) is 17.7 Å². The van der Waals surface area contributed by atoms with Gasteiger partial charge in [-0.3, -0.25) is 5.32 Å². The molecular formula is C11H12N6. The smallest absolute Gasteiger partial charge is 0.176 e. The predicted molar refractivity (Wildman–Crippen MR) is 59.3 cm³/mol. The number of rotatable bonds is 4. The van der Waals surface area contributed by atoms with E-state index in [9.17, 15) is 0 Å². The van der Waals surface area contributed by atoms with Gasteiger partial charge in [-0.05, 0) is 13.8 Å². The normalized spacial score (nSPS) is 11.5. The summed E-state index contributed by atoms with van der Waals surface area (Å²) in [5.41, 5.74) is 0.284. The summed E-state index contributed by atoms with van der Waals surface area (Å²) in [6.45, 7) is 4.17. The third-order valence-corrected chi connectivity index (χ3v) is 2.12. The molecule has 0 aliphatic rings. The largest absolute Gasteiger partial charge is 0.319 e. The predicted octanol–water partition coefficient (Wildman–Crippen LogP) is 0.517. The highest BCUT2D eigenvalue weighted by molar-refractivity contribution is 5.36. The Kier molecular flexibility index (Phi) is 4.22. The summed E-state index contributed by atoms with van der Waals surface area (Å²) >= 11 is 0. The first kappa shape index (κ1) is 12.7. The van der Waals surface area contributed by atoms with Crippen LogP contribution in [0.4, 0.5) is 0 Å². The van der Waals surface area contributed by atoms with Gasteiger partial charge < -0.3 is 4.57 Å². The Labute approximate surface area is 99.7 Å². The Bertz CT molecular complexity index is 508. The topological polar surface area (TPSA) is 101 Å². The fourth-order valence-corrected chi connectivity index (χ4v) is 1.45. The Morgan fingerprint density at radius 1 is 1.35 bits per heavy atom. The lowest BCUT2D eigenvalue weighted by Gasteiger charge is -2.15. The van der Waals surface area contributed by atoms with Crippen LogP contribution in [-0.2, 0) is 6.54 Å². The summed E-state index contributed by atoms with van der Waals surface area (Å²) in [4.78, 5) is 3.81. The Hall–Kier alpha value is -2.36. The van der Waals surface area contributed by atoms with E-state index < -0.39 is 6.04 Å². The highest BCUT2D eigenvalue weighted by Crippen LogP contribution is 2.06. The standard InChI is InChI=1S/C11H12N6/c1-8(2)16-9(3-12)6-17-7-15-10(4-13)11(17)5-14/h7-9,16H,6H2,1-2H3. The highest BCUT2D eigenvalue weighted by atomic mass is 15.1. The van der Waals surface area contributed by atoms with Gasteiger partial charge in [0.05, 0.1) is 18.9 Å². The first-order chi connectivity index (χ1) is 8.12. The molecule has 6 heteroatoms. The molecule has 0 spiro atoms. The van der Waals surface area contributed by atoms with Crippen LogP contribution in [0.2, 0.25) is 0 Å². The molecule has 0 bridgehead atoms. The fourth-order valence-electron chi connectivity index (χ4n) is 1.45. The van der Waals surface area contributed by atoms with Crippen LogP contribution in [0.1, 0.15) is 25.2 Å². The zero-order chi connectivity index (χ0) is 12.8. The van der Waals surface area contributed by atoms with Crippen LogP contribution in [0, 0.1) is 34.0 Å². The minimum absolute atomic E-state index is 0.0914. The van der Waals surface area contributed by atoms with E-state index in [1.807, 2.05) is 26.0 Å². The van der Waals surface area contributed by atoms with Crippen molar-refractivity contribution in [2.75, 3.05) is 0 Å². The molecule has 17 heavy (non-hydrogen) atoms. The minimum atomic E-state index is -0.414. The van der Waals surface area contributed by atoms with Crippen molar-refractivity contribution in [2.45, 2.75) is 32.5 Å². The number of hydrogen-bond donors (Lipinski definition) is 1. The maximum Gasteiger partial charge on any atom is 0.176 e. The van der Waals surface area contributed by atoms with Gasteiger partial charge in [-0.15, -0.1) is 0 Å². The van der Waals surface area contributed by atoms with Crippen LogP contribution in [0.25, 0.3) is 0 Å². The Morgan fingerprint density at radius 3 is 2.53 bits per heavy atom. The number of hydrogen-bond acceptors (Lipinski definition) is 5. The average molecular weight is 228 g/mol. The number of nitrogens with one attached hydrogen (secondary N) is 1. The average Bonchev–Trinajstić information content (AvgIpc) is 2.69. The number of imidazole rings is 1.